The summed E-state index contributed by atoms with van der Waals surface area (Å²) in [6, 6.07) is 15.3. The smallest absolute Gasteiger partial charge is 0.265 e. The van der Waals surface area contributed by atoms with Gasteiger partial charge in [0.15, 0.2) is 5.11 Å². The van der Waals surface area contributed by atoms with Crippen molar-refractivity contribution < 1.29 is 19.1 Å². The number of hydrogen-bond donors (Lipinski definition) is 1. The predicted molar refractivity (Wildman–Crippen MR) is 127 cm³/mol. The molecule has 0 aliphatic carbocycles. The Balaban J connectivity index is 1.58. The number of para-hydroxylation sites is 1. The number of ether oxygens (including phenoxy) is 2. The molecule has 1 N–H and O–H groups in total. The highest BCUT2D eigenvalue weighted by atomic mass is 32.1. The lowest BCUT2D eigenvalue weighted by atomic mass is 10.1. The van der Waals surface area contributed by atoms with E-state index in [4.69, 9.17) is 21.7 Å². The number of amides is 2. The molecule has 0 radical (unpaired) electrons. The molecule has 8 heteroatoms. The van der Waals surface area contributed by atoms with Crippen molar-refractivity contribution in [3.8, 4) is 11.5 Å². The summed E-state index contributed by atoms with van der Waals surface area (Å²) in [5.74, 6) is 0.658. The van der Waals surface area contributed by atoms with Crippen LogP contribution >= 0.6 is 12.2 Å². The van der Waals surface area contributed by atoms with Gasteiger partial charge in [0.25, 0.3) is 11.8 Å². The summed E-state index contributed by atoms with van der Waals surface area (Å²) >= 11 is 5.10. The normalized spacial score (nSPS) is 15.4. The first kappa shape index (κ1) is 21.6. The molecule has 4 rings (SSSR count). The molecule has 0 saturated carbocycles. The Bertz CT molecular complexity index is 1210. The molecule has 0 spiro atoms. The molecule has 2 heterocycles. The van der Waals surface area contributed by atoms with Crippen LogP contribution in [0.2, 0.25) is 0 Å². The lowest BCUT2D eigenvalue weighted by Gasteiger charge is -2.27. The number of nitrogens with zero attached hydrogens (tertiary/aromatic N) is 2. The number of methoxy groups -OCH3 is 1. The maximum atomic E-state index is 12.8. The second-order valence-electron chi connectivity index (χ2n) is 7.19. The molecule has 3 aromatic rings. The van der Waals surface area contributed by atoms with Gasteiger partial charge in [0.05, 0.1) is 13.7 Å². The third-order valence-corrected chi connectivity index (χ3v) is 5.60. The number of thiocarbonyl (C=S) groups is 1. The molecule has 0 bridgehead atoms. The van der Waals surface area contributed by atoms with Crippen LogP contribution in [-0.4, -0.2) is 46.7 Å². The summed E-state index contributed by atoms with van der Waals surface area (Å²) < 4.78 is 13.1. The number of hydrogen-bond acceptors (Lipinski definition) is 5. The molecule has 1 fully saturated rings. The minimum atomic E-state index is -0.482. The Morgan fingerprint density at radius 2 is 1.78 bits per heavy atom. The third-order valence-electron chi connectivity index (χ3n) is 5.28. The van der Waals surface area contributed by atoms with Gasteiger partial charge in [0, 0.05) is 29.2 Å². The highest BCUT2D eigenvalue weighted by Crippen LogP contribution is 2.25. The van der Waals surface area contributed by atoms with Crippen molar-refractivity contribution in [1.29, 1.82) is 0 Å². The van der Waals surface area contributed by atoms with E-state index in [1.165, 1.54) is 4.90 Å². The average molecular weight is 450 g/mol. The van der Waals surface area contributed by atoms with Crippen molar-refractivity contribution in [1.82, 2.24) is 14.8 Å². The van der Waals surface area contributed by atoms with Gasteiger partial charge < -0.3 is 14.0 Å². The van der Waals surface area contributed by atoms with E-state index in [-0.39, 0.29) is 16.6 Å². The minimum absolute atomic E-state index is 0.0674. The first-order valence-corrected chi connectivity index (χ1v) is 10.7. The van der Waals surface area contributed by atoms with Gasteiger partial charge in [-0.2, -0.15) is 0 Å². The molecule has 0 atom stereocenters. The molecule has 1 saturated heterocycles. The highest BCUT2D eigenvalue weighted by molar-refractivity contribution is 7.80. The molecule has 1 aliphatic rings. The molecular formula is C24H23N3O4S. The molecule has 1 aliphatic heterocycles. The van der Waals surface area contributed by atoms with Gasteiger partial charge in [-0.3, -0.25) is 19.8 Å². The first-order chi connectivity index (χ1) is 15.5. The zero-order valence-corrected chi connectivity index (χ0v) is 18.6. The Morgan fingerprint density at radius 1 is 1.06 bits per heavy atom. The topological polar surface area (TPSA) is 72.8 Å². The van der Waals surface area contributed by atoms with Crippen LogP contribution in [0.5, 0.6) is 11.5 Å². The van der Waals surface area contributed by atoms with Gasteiger partial charge in [0.1, 0.15) is 23.7 Å². The SMILES string of the molecule is CCN1C(=O)/C(=C\c2cn(CCOc3ccc(OC)cc3)c3ccccc23)C(=O)NC1=S. The zero-order valence-electron chi connectivity index (χ0n) is 17.8. The number of rotatable bonds is 7. The van der Waals surface area contributed by atoms with E-state index in [9.17, 15) is 9.59 Å². The van der Waals surface area contributed by atoms with Crippen LogP contribution in [0.15, 0.2) is 60.3 Å². The number of carbonyl (C=O) groups is 2. The predicted octanol–water partition coefficient (Wildman–Crippen LogP) is 3.38. The van der Waals surface area contributed by atoms with E-state index in [1.807, 2.05) is 61.7 Å². The summed E-state index contributed by atoms with van der Waals surface area (Å²) in [7, 11) is 1.62. The molecule has 32 heavy (non-hydrogen) atoms. The number of fused-ring (bicyclic) bond motifs is 1. The first-order valence-electron chi connectivity index (χ1n) is 10.3. The van der Waals surface area contributed by atoms with Gasteiger partial charge in [0.2, 0.25) is 0 Å². The van der Waals surface area contributed by atoms with Gasteiger partial charge in [-0.05, 0) is 55.5 Å². The van der Waals surface area contributed by atoms with Crippen molar-refractivity contribution in [3.05, 3.63) is 65.9 Å². The van der Waals surface area contributed by atoms with Gasteiger partial charge in [-0.1, -0.05) is 18.2 Å². The monoisotopic (exact) mass is 449 g/mol. The number of nitrogens with one attached hydrogen (secondary N) is 1. The van der Waals surface area contributed by atoms with E-state index < -0.39 is 5.91 Å². The molecule has 2 amide bonds. The molecule has 164 valence electrons. The van der Waals surface area contributed by atoms with Crippen molar-refractivity contribution in [2.24, 2.45) is 0 Å². The Labute approximate surface area is 191 Å². The van der Waals surface area contributed by atoms with E-state index in [1.54, 1.807) is 13.2 Å². The number of aromatic nitrogens is 1. The Kier molecular flexibility index (Phi) is 6.23. The van der Waals surface area contributed by atoms with Crippen LogP contribution in [0.25, 0.3) is 17.0 Å². The number of likely N-dealkylation sites (N-methyl/N-ethyl adjacent to an activating group) is 1. The third kappa shape index (κ3) is 4.22. The number of carbonyl (C=O) groups excluding carboxylic acids is 2. The summed E-state index contributed by atoms with van der Waals surface area (Å²) in [5.41, 5.74) is 1.84. The summed E-state index contributed by atoms with van der Waals surface area (Å²) in [5, 5.41) is 3.67. The van der Waals surface area contributed by atoms with Crippen molar-refractivity contribution in [2.45, 2.75) is 13.5 Å². The van der Waals surface area contributed by atoms with Crippen LogP contribution in [0.1, 0.15) is 12.5 Å². The van der Waals surface area contributed by atoms with E-state index in [0.29, 0.717) is 19.7 Å². The van der Waals surface area contributed by atoms with Crippen LogP contribution in [0.4, 0.5) is 0 Å². The maximum Gasteiger partial charge on any atom is 0.265 e. The fraction of sp³-hybridized carbons (Fsp3) is 0.208. The Morgan fingerprint density at radius 3 is 2.50 bits per heavy atom. The van der Waals surface area contributed by atoms with E-state index >= 15 is 0 Å². The quantitative estimate of drug-likeness (QED) is 0.340. The summed E-state index contributed by atoms with van der Waals surface area (Å²) in [6.07, 6.45) is 3.56. The van der Waals surface area contributed by atoms with E-state index in [0.717, 1.165) is 28.0 Å². The van der Waals surface area contributed by atoms with Gasteiger partial charge in [-0.25, -0.2) is 0 Å². The van der Waals surface area contributed by atoms with Crippen molar-refractivity contribution in [3.63, 3.8) is 0 Å². The van der Waals surface area contributed by atoms with Crippen LogP contribution in [-0.2, 0) is 16.1 Å². The van der Waals surface area contributed by atoms with Gasteiger partial charge in [-0.15, -0.1) is 0 Å². The lowest BCUT2D eigenvalue weighted by molar-refractivity contribution is -0.128. The highest BCUT2D eigenvalue weighted by Gasteiger charge is 2.32. The lowest BCUT2D eigenvalue weighted by Crippen LogP contribution is -2.53. The molecule has 1 aromatic heterocycles. The fourth-order valence-corrected chi connectivity index (χ4v) is 3.95. The number of benzene rings is 2. The minimum Gasteiger partial charge on any atom is -0.497 e. The fourth-order valence-electron chi connectivity index (χ4n) is 3.65. The maximum absolute atomic E-state index is 12.8. The standard InChI is InChI=1S/C24H23N3O4S/c1-3-27-23(29)20(22(28)25-24(27)32)14-16-15-26(21-7-5-4-6-19(16)21)12-13-31-18-10-8-17(30-2)9-11-18/h4-11,14-15H,3,12-13H2,1-2H3,(H,25,28,32)/b20-14-. The van der Waals surface area contributed by atoms with Crippen LogP contribution < -0.4 is 14.8 Å². The van der Waals surface area contributed by atoms with Crippen LogP contribution in [0, 0.1) is 0 Å². The molecule has 2 aromatic carbocycles. The molecular weight excluding hydrogens is 426 g/mol. The van der Waals surface area contributed by atoms with Crippen LogP contribution in [0.3, 0.4) is 0 Å². The van der Waals surface area contributed by atoms with E-state index in [2.05, 4.69) is 9.88 Å². The largest absolute Gasteiger partial charge is 0.497 e. The molecule has 7 nitrogen and oxygen atoms in total. The second kappa shape index (κ2) is 9.23. The van der Waals surface area contributed by atoms with Crippen molar-refractivity contribution >= 4 is 46.1 Å². The van der Waals surface area contributed by atoms with Crippen molar-refractivity contribution in [2.75, 3.05) is 20.3 Å². The summed E-state index contributed by atoms with van der Waals surface area (Å²) in [4.78, 5) is 26.6. The Hall–Kier alpha value is -3.65. The zero-order chi connectivity index (χ0) is 22.7. The van der Waals surface area contributed by atoms with Gasteiger partial charge >= 0.3 is 0 Å². The second-order valence-corrected chi connectivity index (χ2v) is 7.57. The molecule has 0 unspecified atom stereocenters. The summed E-state index contributed by atoms with van der Waals surface area (Å²) in [6.45, 7) is 3.26. The average Bonchev–Trinajstić information content (AvgIpc) is 3.15.